The van der Waals surface area contributed by atoms with Gasteiger partial charge >= 0.3 is 5.97 Å². The molecular weight excluding hydrogens is 448 g/mol. The SMILES string of the molecule is CN(C)C(=O)c1ccc(NC(=O)COC(=O)CC23C[C@@H]4C[C@@H](CC(Br)(C4)C2)C3)cc1. The van der Waals surface area contributed by atoms with Crippen molar-refractivity contribution in [1.82, 2.24) is 4.90 Å². The molecule has 4 atom stereocenters. The first-order valence-corrected chi connectivity index (χ1v) is 11.4. The summed E-state index contributed by atoms with van der Waals surface area (Å²) in [5, 5.41) is 2.71. The molecule has 4 fully saturated rings. The Morgan fingerprint density at radius 2 is 1.73 bits per heavy atom. The monoisotopic (exact) mass is 476 g/mol. The van der Waals surface area contributed by atoms with Crippen molar-refractivity contribution >= 4 is 39.4 Å². The molecule has 0 radical (unpaired) electrons. The van der Waals surface area contributed by atoms with Crippen molar-refractivity contribution in [1.29, 1.82) is 0 Å². The number of nitrogens with one attached hydrogen (secondary N) is 1. The molecule has 30 heavy (non-hydrogen) atoms. The molecule has 2 amide bonds. The molecule has 1 aromatic carbocycles. The van der Waals surface area contributed by atoms with Crippen molar-refractivity contribution < 1.29 is 19.1 Å². The van der Waals surface area contributed by atoms with E-state index in [4.69, 9.17) is 4.74 Å². The summed E-state index contributed by atoms with van der Waals surface area (Å²) < 4.78 is 5.52. The molecule has 0 spiro atoms. The Labute approximate surface area is 185 Å². The predicted molar refractivity (Wildman–Crippen MR) is 117 cm³/mol. The van der Waals surface area contributed by atoms with Crippen molar-refractivity contribution in [3.8, 4) is 0 Å². The molecular formula is C23H29BrN2O4. The third-order valence-corrected chi connectivity index (χ3v) is 7.74. The zero-order valence-electron chi connectivity index (χ0n) is 17.6. The van der Waals surface area contributed by atoms with Gasteiger partial charge in [-0.25, -0.2) is 0 Å². The van der Waals surface area contributed by atoms with Crippen molar-refractivity contribution in [3.05, 3.63) is 29.8 Å². The molecule has 4 bridgehead atoms. The van der Waals surface area contributed by atoms with Gasteiger partial charge in [-0.1, -0.05) is 15.9 Å². The van der Waals surface area contributed by atoms with E-state index in [-0.39, 0.29) is 34.1 Å². The van der Waals surface area contributed by atoms with E-state index < -0.39 is 0 Å². The van der Waals surface area contributed by atoms with Crippen LogP contribution in [0.3, 0.4) is 0 Å². The second kappa shape index (κ2) is 7.98. The quantitative estimate of drug-likeness (QED) is 0.497. The molecule has 5 rings (SSSR count). The fourth-order valence-corrected chi connectivity index (χ4v) is 7.71. The van der Waals surface area contributed by atoms with Crippen LogP contribution in [0.5, 0.6) is 0 Å². The average Bonchev–Trinajstić information content (AvgIpc) is 2.64. The van der Waals surface area contributed by atoms with E-state index in [1.807, 2.05) is 0 Å². The lowest BCUT2D eigenvalue weighted by atomic mass is 9.49. The third-order valence-electron chi connectivity index (χ3n) is 6.82. The summed E-state index contributed by atoms with van der Waals surface area (Å²) in [5.41, 5.74) is 1.15. The van der Waals surface area contributed by atoms with Crippen LogP contribution in [0.4, 0.5) is 5.69 Å². The number of esters is 1. The first kappa shape index (κ1) is 21.3. The Balaban J connectivity index is 1.26. The Bertz CT molecular complexity index is 837. The van der Waals surface area contributed by atoms with Gasteiger partial charge in [-0.2, -0.15) is 0 Å². The minimum atomic E-state index is -0.377. The lowest BCUT2D eigenvalue weighted by Gasteiger charge is -2.60. The Hall–Kier alpha value is -1.89. The van der Waals surface area contributed by atoms with Crippen LogP contribution in [0.1, 0.15) is 55.3 Å². The van der Waals surface area contributed by atoms with Crippen LogP contribution >= 0.6 is 15.9 Å². The Morgan fingerprint density at radius 3 is 2.30 bits per heavy atom. The molecule has 6 nitrogen and oxygen atoms in total. The van der Waals surface area contributed by atoms with Crippen LogP contribution in [0.2, 0.25) is 0 Å². The van der Waals surface area contributed by atoms with E-state index in [1.165, 1.54) is 24.2 Å². The number of hydrogen-bond donors (Lipinski definition) is 1. The predicted octanol–water partition coefficient (Wildman–Crippen LogP) is 3.99. The van der Waals surface area contributed by atoms with Crippen LogP contribution in [-0.2, 0) is 14.3 Å². The lowest BCUT2D eigenvalue weighted by Crippen LogP contribution is -2.53. The fraction of sp³-hybridized carbons (Fsp3) is 0.609. The van der Waals surface area contributed by atoms with Gasteiger partial charge < -0.3 is 15.0 Å². The summed E-state index contributed by atoms with van der Waals surface area (Å²) in [5.74, 6) is 0.664. The van der Waals surface area contributed by atoms with Gasteiger partial charge in [0.15, 0.2) is 6.61 Å². The van der Waals surface area contributed by atoms with Crippen molar-refractivity contribution in [3.63, 3.8) is 0 Å². The molecule has 0 heterocycles. The second-order valence-electron chi connectivity index (χ2n) is 9.77. The zero-order valence-corrected chi connectivity index (χ0v) is 19.2. The van der Waals surface area contributed by atoms with Gasteiger partial charge in [0.1, 0.15) is 0 Å². The van der Waals surface area contributed by atoms with Gasteiger partial charge in [-0.3, -0.25) is 14.4 Å². The van der Waals surface area contributed by atoms with Crippen LogP contribution in [0.15, 0.2) is 24.3 Å². The first-order chi connectivity index (χ1) is 14.2. The molecule has 162 valence electrons. The molecule has 0 aromatic heterocycles. The number of carbonyl (C=O) groups excluding carboxylic acids is 3. The molecule has 7 heteroatoms. The smallest absolute Gasteiger partial charge is 0.306 e. The number of amides is 2. The van der Waals surface area contributed by atoms with Crippen molar-refractivity contribution in [2.24, 2.45) is 17.3 Å². The standard InChI is InChI=1S/C23H29BrN2O4/c1-26(2)21(29)17-3-5-18(6-4-17)25-19(27)13-30-20(28)12-22-8-15-7-16(9-22)11-23(24,10-15)14-22/h3-6,15-16H,7-14H2,1-2H3,(H,25,27)/t15-,16+,22?,23?. The van der Waals surface area contributed by atoms with E-state index in [2.05, 4.69) is 21.2 Å². The van der Waals surface area contributed by atoms with E-state index in [0.717, 1.165) is 19.3 Å². The summed E-state index contributed by atoms with van der Waals surface area (Å²) in [6, 6.07) is 6.66. The van der Waals surface area contributed by atoms with Crippen molar-refractivity contribution in [2.75, 3.05) is 26.0 Å². The van der Waals surface area contributed by atoms with Crippen molar-refractivity contribution in [2.45, 2.75) is 49.3 Å². The normalized spacial score (nSPS) is 31.3. The molecule has 4 aliphatic rings. The molecule has 0 aliphatic heterocycles. The van der Waals surface area contributed by atoms with Crippen LogP contribution in [0.25, 0.3) is 0 Å². The highest BCUT2D eigenvalue weighted by molar-refractivity contribution is 9.10. The highest BCUT2D eigenvalue weighted by Gasteiger charge is 2.57. The van der Waals surface area contributed by atoms with Gasteiger partial charge in [0.2, 0.25) is 0 Å². The Kier molecular flexibility index (Phi) is 5.68. The van der Waals surface area contributed by atoms with Gasteiger partial charge in [0.05, 0.1) is 6.42 Å². The minimum Gasteiger partial charge on any atom is -0.456 e. The topological polar surface area (TPSA) is 75.7 Å². The highest BCUT2D eigenvalue weighted by atomic mass is 79.9. The number of nitrogens with zero attached hydrogens (tertiary/aromatic N) is 1. The number of hydrogen-bond acceptors (Lipinski definition) is 4. The van der Waals surface area contributed by atoms with Crippen LogP contribution in [0, 0.1) is 17.3 Å². The largest absolute Gasteiger partial charge is 0.456 e. The number of benzene rings is 1. The van der Waals surface area contributed by atoms with E-state index in [1.54, 1.807) is 38.4 Å². The molecule has 4 saturated carbocycles. The zero-order chi connectivity index (χ0) is 21.5. The number of rotatable bonds is 6. The summed E-state index contributed by atoms with van der Waals surface area (Å²) in [7, 11) is 3.38. The summed E-state index contributed by atoms with van der Waals surface area (Å²) >= 11 is 3.96. The van der Waals surface area contributed by atoms with E-state index >= 15 is 0 Å². The molecule has 1 N–H and O–H groups in total. The number of ether oxygens (including phenoxy) is 1. The van der Waals surface area contributed by atoms with Crippen LogP contribution in [-0.4, -0.2) is 47.7 Å². The van der Waals surface area contributed by atoms with Gasteiger partial charge in [-0.05, 0) is 80.0 Å². The second-order valence-corrected chi connectivity index (χ2v) is 11.5. The van der Waals surface area contributed by atoms with E-state index in [9.17, 15) is 14.4 Å². The maximum atomic E-state index is 12.5. The van der Waals surface area contributed by atoms with Crippen LogP contribution < -0.4 is 5.32 Å². The summed E-state index contributed by atoms with van der Waals surface area (Å²) in [4.78, 5) is 38.1. The third kappa shape index (κ3) is 4.56. The van der Waals surface area contributed by atoms with Gasteiger partial charge in [-0.15, -0.1) is 0 Å². The summed E-state index contributed by atoms with van der Waals surface area (Å²) in [6.07, 6.45) is 7.40. The molecule has 1 aromatic rings. The number of halogens is 1. The molecule has 2 unspecified atom stereocenters. The maximum Gasteiger partial charge on any atom is 0.306 e. The molecule has 0 saturated heterocycles. The highest BCUT2D eigenvalue weighted by Crippen LogP contribution is 2.65. The van der Waals surface area contributed by atoms with Gasteiger partial charge in [0, 0.05) is 29.7 Å². The fourth-order valence-electron chi connectivity index (χ4n) is 6.20. The van der Waals surface area contributed by atoms with Gasteiger partial charge in [0.25, 0.3) is 11.8 Å². The molecule has 4 aliphatic carbocycles. The number of anilines is 1. The lowest BCUT2D eigenvalue weighted by molar-refractivity contribution is -0.153. The minimum absolute atomic E-state index is 0.0376. The number of alkyl halides is 1. The van der Waals surface area contributed by atoms with E-state index in [0.29, 0.717) is 29.5 Å². The average molecular weight is 477 g/mol. The Morgan fingerprint density at radius 1 is 1.10 bits per heavy atom. The maximum absolute atomic E-state index is 12.5. The summed E-state index contributed by atoms with van der Waals surface area (Å²) in [6.45, 7) is -0.292. The first-order valence-electron chi connectivity index (χ1n) is 10.6. The number of carbonyl (C=O) groups is 3.